The van der Waals surface area contributed by atoms with Crippen LogP contribution in [-0.4, -0.2) is 48.9 Å². The third-order valence-corrected chi connectivity index (χ3v) is 2.55. The van der Waals surface area contributed by atoms with Crippen LogP contribution in [0.4, 0.5) is 0 Å². The summed E-state index contributed by atoms with van der Waals surface area (Å²) in [6.45, 7) is 3.27. The first-order chi connectivity index (χ1) is 8.15. The fraction of sp³-hybridized carbons (Fsp3) is 0.727. The molecule has 0 aliphatic carbocycles. The predicted octanol–water partition coefficient (Wildman–Crippen LogP) is -0.322. The van der Waals surface area contributed by atoms with Gasteiger partial charge in [0, 0.05) is 26.1 Å². The first-order valence-electron chi connectivity index (χ1n) is 5.88. The minimum atomic E-state index is -0.877. The maximum atomic E-state index is 11.4. The molecule has 1 N–H and O–H groups in total. The van der Waals surface area contributed by atoms with E-state index in [0.717, 1.165) is 19.4 Å². The van der Waals surface area contributed by atoms with Crippen molar-refractivity contribution in [3.63, 3.8) is 0 Å². The topological polar surface area (TPSA) is 75.7 Å². The molecule has 96 valence electrons. The molecule has 1 aliphatic rings. The molecule has 0 saturated carbocycles. The van der Waals surface area contributed by atoms with E-state index < -0.39 is 11.9 Å². The first-order valence-corrected chi connectivity index (χ1v) is 5.88. The van der Waals surface area contributed by atoms with Gasteiger partial charge in [-0.05, 0) is 19.8 Å². The van der Waals surface area contributed by atoms with Gasteiger partial charge in [-0.25, -0.2) is 4.79 Å². The van der Waals surface area contributed by atoms with E-state index in [1.54, 1.807) is 11.8 Å². The molecule has 1 saturated heterocycles. The highest BCUT2D eigenvalue weighted by Gasteiger charge is 2.18. The molecule has 2 amide bonds. The van der Waals surface area contributed by atoms with Crippen LogP contribution in [0.5, 0.6) is 0 Å². The Bertz CT molecular complexity index is 304. The average molecular weight is 242 g/mol. The van der Waals surface area contributed by atoms with E-state index >= 15 is 0 Å². The van der Waals surface area contributed by atoms with E-state index in [-0.39, 0.29) is 19.1 Å². The fourth-order valence-corrected chi connectivity index (χ4v) is 1.67. The van der Waals surface area contributed by atoms with Crippen molar-refractivity contribution in [3.8, 4) is 0 Å². The molecule has 6 nitrogen and oxygen atoms in total. The summed E-state index contributed by atoms with van der Waals surface area (Å²) in [5.41, 5.74) is 0. The van der Waals surface area contributed by atoms with E-state index in [4.69, 9.17) is 0 Å². The lowest BCUT2D eigenvalue weighted by Gasteiger charge is -2.26. The quantitative estimate of drug-likeness (QED) is 0.541. The van der Waals surface area contributed by atoms with Crippen molar-refractivity contribution in [2.75, 3.05) is 26.2 Å². The zero-order valence-electron chi connectivity index (χ0n) is 10.0. The molecule has 0 bridgehead atoms. The maximum Gasteiger partial charge on any atom is 0.396 e. The van der Waals surface area contributed by atoms with Gasteiger partial charge in [-0.15, -0.1) is 0 Å². The number of nitrogens with one attached hydrogen (secondary N) is 1. The standard InChI is InChI=1S/C11H18N2O4/c1-2-17-11(16)10(15)12-6-8-13-7-4-3-5-9(13)14/h2-8H2,1H3,(H,12,15). The summed E-state index contributed by atoms with van der Waals surface area (Å²) in [4.78, 5) is 35.3. The predicted molar refractivity (Wildman–Crippen MR) is 60.1 cm³/mol. The number of nitrogens with zero attached hydrogens (tertiary/aromatic N) is 1. The molecule has 1 rings (SSSR count). The molecule has 6 heteroatoms. The van der Waals surface area contributed by atoms with E-state index in [0.29, 0.717) is 13.0 Å². The number of hydrogen-bond donors (Lipinski definition) is 1. The zero-order valence-corrected chi connectivity index (χ0v) is 10.0. The summed E-state index contributed by atoms with van der Waals surface area (Å²) in [5, 5.41) is 2.43. The van der Waals surface area contributed by atoms with Crippen LogP contribution >= 0.6 is 0 Å². The molecule has 0 radical (unpaired) electrons. The zero-order chi connectivity index (χ0) is 12.7. The largest absolute Gasteiger partial charge is 0.459 e. The van der Waals surface area contributed by atoms with Gasteiger partial charge >= 0.3 is 11.9 Å². The number of hydrogen-bond acceptors (Lipinski definition) is 4. The van der Waals surface area contributed by atoms with Crippen LogP contribution in [0.2, 0.25) is 0 Å². The molecule has 0 atom stereocenters. The van der Waals surface area contributed by atoms with Crippen molar-refractivity contribution in [3.05, 3.63) is 0 Å². The minimum absolute atomic E-state index is 0.113. The monoisotopic (exact) mass is 242 g/mol. The maximum absolute atomic E-state index is 11.4. The van der Waals surface area contributed by atoms with Gasteiger partial charge in [0.25, 0.3) is 0 Å². The Morgan fingerprint density at radius 2 is 2.18 bits per heavy atom. The summed E-state index contributed by atoms with van der Waals surface area (Å²) in [6.07, 6.45) is 2.51. The van der Waals surface area contributed by atoms with E-state index in [1.165, 1.54) is 0 Å². The van der Waals surface area contributed by atoms with Crippen LogP contribution in [0.25, 0.3) is 0 Å². The Morgan fingerprint density at radius 1 is 1.41 bits per heavy atom. The first kappa shape index (κ1) is 13.5. The number of amides is 2. The number of carbonyl (C=O) groups excluding carboxylic acids is 3. The van der Waals surface area contributed by atoms with Crippen LogP contribution in [0.3, 0.4) is 0 Å². The third kappa shape index (κ3) is 4.42. The SMILES string of the molecule is CCOC(=O)C(=O)NCCN1CCCCC1=O. The molecule has 1 aliphatic heterocycles. The van der Waals surface area contributed by atoms with E-state index in [9.17, 15) is 14.4 Å². The Labute approximate surface area is 100 Å². The van der Waals surface area contributed by atoms with Gasteiger partial charge < -0.3 is 15.0 Å². The number of carbonyl (C=O) groups is 3. The number of piperidine rings is 1. The Balaban J connectivity index is 2.20. The van der Waals surface area contributed by atoms with Gasteiger partial charge in [-0.1, -0.05) is 0 Å². The minimum Gasteiger partial charge on any atom is -0.459 e. The molecule has 1 fully saturated rings. The second-order valence-corrected chi connectivity index (χ2v) is 3.81. The Morgan fingerprint density at radius 3 is 2.82 bits per heavy atom. The average Bonchev–Trinajstić information content (AvgIpc) is 2.31. The van der Waals surface area contributed by atoms with Crippen LogP contribution in [0, 0.1) is 0 Å². The molecule has 0 spiro atoms. The Kier molecular flexibility index (Phi) is 5.45. The molecule has 1 heterocycles. The molecule has 0 aromatic rings. The van der Waals surface area contributed by atoms with E-state index in [2.05, 4.69) is 10.1 Å². The lowest BCUT2D eigenvalue weighted by molar-refractivity contribution is -0.154. The van der Waals surface area contributed by atoms with Gasteiger partial charge in [-0.3, -0.25) is 9.59 Å². The lowest BCUT2D eigenvalue weighted by atomic mass is 10.1. The summed E-state index contributed by atoms with van der Waals surface area (Å²) in [7, 11) is 0. The summed E-state index contributed by atoms with van der Waals surface area (Å²) >= 11 is 0. The van der Waals surface area contributed by atoms with Gasteiger partial charge in [-0.2, -0.15) is 0 Å². The van der Waals surface area contributed by atoms with Crippen LogP contribution < -0.4 is 5.32 Å². The van der Waals surface area contributed by atoms with Crippen LogP contribution in [0.1, 0.15) is 26.2 Å². The molecule has 17 heavy (non-hydrogen) atoms. The fourth-order valence-electron chi connectivity index (χ4n) is 1.67. The Hall–Kier alpha value is -1.59. The highest BCUT2D eigenvalue weighted by atomic mass is 16.5. The van der Waals surface area contributed by atoms with Crippen molar-refractivity contribution in [2.24, 2.45) is 0 Å². The molecular weight excluding hydrogens is 224 g/mol. The number of esters is 1. The van der Waals surface area contributed by atoms with Crippen LogP contribution in [-0.2, 0) is 19.1 Å². The summed E-state index contributed by atoms with van der Waals surface area (Å²) < 4.78 is 4.54. The van der Waals surface area contributed by atoms with Crippen molar-refractivity contribution in [1.29, 1.82) is 0 Å². The summed E-state index contributed by atoms with van der Waals surface area (Å²) in [5.74, 6) is -1.52. The van der Waals surface area contributed by atoms with Gasteiger partial charge in [0.1, 0.15) is 0 Å². The molecule has 0 unspecified atom stereocenters. The number of ether oxygens (including phenoxy) is 1. The van der Waals surface area contributed by atoms with Crippen molar-refractivity contribution in [2.45, 2.75) is 26.2 Å². The van der Waals surface area contributed by atoms with Gasteiger partial charge in [0.05, 0.1) is 6.61 Å². The third-order valence-electron chi connectivity index (χ3n) is 2.55. The smallest absolute Gasteiger partial charge is 0.396 e. The lowest BCUT2D eigenvalue weighted by Crippen LogP contribution is -2.42. The summed E-state index contributed by atoms with van der Waals surface area (Å²) in [6, 6.07) is 0. The molecular formula is C11H18N2O4. The van der Waals surface area contributed by atoms with Crippen molar-refractivity contribution < 1.29 is 19.1 Å². The molecule has 0 aromatic carbocycles. The van der Waals surface area contributed by atoms with Gasteiger partial charge in [0.15, 0.2) is 0 Å². The van der Waals surface area contributed by atoms with Gasteiger partial charge in [0.2, 0.25) is 5.91 Å². The number of likely N-dealkylation sites (tertiary alicyclic amines) is 1. The van der Waals surface area contributed by atoms with E-state index in [1.807, 2.05) is 0 Å². The van der Waals surface area contributed by atoms with Crippen molar-refractivity contribution >= 4 is 17.8 Å². The molecule has 0 aromatic heterocycles. The number of rotatable bonds is 4. The second-order valence-electron chi connectivity index (χ2n) is 3.81. The second kappa shape index (κ2) is 6.88. The van der Waals surface area contributed by atoms with Crippen molar-refractivity contribution in [1.82, 2.24) is 10.2 Å². The highest BCUT2D eigenvalue weighted by Crippen LogP contribution is 2.09. The normalized spacial score (nSPS) is 15.6. The highest BCUT2D eigenvalue weighted by molar-refractivity contribution is 6.32. The van der Waals surface area contributed by atoms with Crippen LogP contribution in [0.15, 0.2) is 0 Å².